The van der Waals surface area contributed by atoms with E-state index in [1.807, 2.05) is 0 Å². The van der Waals surface area contributed by atoms with E-state index in [0.717, 1.165) is 4.47 Å². The summed E-state index contributed by atoms with van der Waals surface area (Å²) in [6, 6.07) is 6.41. The largest absolute Gasteiger partial charge is 0.357 e. The van der Waals surface area contributed by atoms with Crippen LogP contribution in [0.4, 0.5) is 0 Å². The minimum absolute atomic E-state index is 1.16. The number of benzene rings is 1. The Balaban J connectivity index is 2.18. The van der Waals surface area contributed by atoms with Gasteiger partial charge in [-0.15, -0.1) is 0 Å². The Morgan fingerprint density at radius 1 is 1.33 bits per heavy atom. The second kappa shape index (κ2) is 3.38. The first-order chi connectivity index (χ1) is 7.25. The van der Waals surface area contributed by atoms with Crippen LogP contribution in [0.2, 0.25) is 0 Å². The molecule has 2 aromatic rings. The highest BCUT2D eigenvalue weighted by atomic mass is 79.9. The Labute approximate surface area is 98.0 Å². The van der Waals surface area contributed by atoms with Gasteiger partial charge in [0.2, 0.25) is 0 Å². The Kier molecular flexibility index (Phi) is 2.13. The van der Waals surface area contributed by atoms with Gasteiger partial charge < -0.3 is 4.98 Å². The number of hydrogen-bond donors (Lipinski definition) is 1. The summed E-state index contributed by atoms with van der Waals surface area (Å²) >= 11 is 3.59. The van der Waals surface area contributed by atoms with Crippen molar-refractivity contribution in [2.45, 2.75) is 26.2 Å². The fraction of sp³-hybridized carbons (Fsp3) is 0.308. The smallest absolute Gasteiger partial charge is 0.0603 e. The molecule has 0 amide bonds. The Bertz CT molecular complexity index is 508. The van der Waals surface area contributed by atoms with Crippen LogP contribution in [0.15, 0.2) is 22.7 Å². The van der Waals surface area contributed by atoms with Crippen molar-refractivity contribution in [3.63, 3.8) is 0 Å². The molecule has 1 N–H and O–H groups in total. The first-order valence-corrected chi connectivity index (χ1v) is 6.14. The fourth-order valence-corrected chi connectivity index (χ4v) is 2.58. The number of rotatable bonds is 2. The van der Waals surface area contributed by atoms with E-state index in [1.165, 1.54) is 41.4 Å². The zero-order valence-corrected chi connectivity index (χ0v) is 10.3. The molecule has 1 aromatic heterocycles. The highest BCUT2D eigenvalue weighted by Gasteiger charge is 2.24. The molecule has 2 heteroatoms. The third-order valence-corrected chi connectivity index (χ3v) is 3.80. The minimum atomic E-state index is 1.16. The van der Waals surface area contributed by atoms with Crippen molar-refractivity contribution in [1.82, 2.24) is 4.98 Å². The summed E-state index contributed by atoms with van der Waals surface area (Å²) in [6.07, 6.45) is 3.84. The van der Waals surface area contributed by atoms with Gasteiger partial charge in [-0.3, -0.25) is 0 Å². The minimum Gasteiger partial charge on any atom is -0.357 e. The summed E-state index contributed by atoms with van der Waals surface area (Å²) in [4.78, 5) is 3.47. The molecule has 1 heterocycles. The van der Waals surface area contributed by atoms with Crippen molar-refractivity contribution in [2.75, 3.05) is 0 Å². The molecule has 1 radical (unpaired) electrons. The van der Waals surface area contributed by atoms with E-state index in [1.54, 1.807) is 5.92 Å². The van der Waals surface area contributed by atoms with E-state index in [2.05, 4.69) is 46.0 Å². The number of nitrogens with one attached hydrogen (secondary N) is 1. The van der Waals surface area contributed by atoms with Crippen LogP contribution in [0, 0.1) is 12.8 Å². The van der Waals surface area contributed by atoms with Gasteiger partial charge in [0, 0.05) is 15.6 Å². The molecular weight excluding hydrogens is 250 g/mol. The lowest BCUT2D eigenvalue weighted by atomic mass is 10.1. The average molecular weight is 263 g/mol. The molecule has 0 aliphatic heterocycles. The number of hydrogen-bond acceptors (Lipinski definition) is 0. The maximum absolute atomic E-state index is 3.59. The third-order valence-electron chi connectivity index (χ3n) is 3.13. The highest BCUT2D eigenvalue weighted by Crippen LogP contribution is 2.38. The van der Waals surface area contributed by atoms with E-state index in [0.29, 0.717) is 0 Å². The summed E-state index contributed by atoms with van der Waals surface area (Å²) < 4.78 is 1.16. The Morgan fingerprint density at radius 3 is 2.87 bits per heavy atom. The first kappa shape index (κ1) is 9.46. The summed E-state index contributed by atoms with van der Waals surface area (Å²) in [5.41, 5.74) is 4.04. The normalized spacial score (nSPS) is 16.1. The molecule has 1 aliphatic carbocycles. The van der Waals surface area contributed by atoms with Crippen LogP contribution in [-0.2, 0) is 6.42 Å². The molecule has 1 saturated carbocycles. The molecule has 0 spiro atoms. The highest BCUT2D eigenvalue weighted by molar-refractivity contribution is 9.10. The number of fused-ring (bicyclic) bond motifs is 1. The van der Waals surface area contributed by atoms with Crippen molar-refractivity contribution >= 4 is 26.8 Å². The van der Waals surface area contributed by atoms with Crippen molar-refractivity contribution < 1.29 is 0 Å². The van der Waals surface area contributed by atoms with Crippen LogP contribution in [0.3, 0.4) is 0 Å². The van der Waals surface area contributed by atoms with Crippen molar-refractivity contribution in [3.05, 3.63) is 39.8 Å². The zero-order valence-electron chi connectivity index (χ0n) is 8.73. The van der Waals surface area contributed by atoms with Gasteiger partial charge in [-0.2, -0.15) is 0 Å². The molecule has 0 atom stereocenters. The second-order valence-electron chi connectivity index (χ2n) is 4.32. The Hall–Kier alpha value is -0.760. The molecule has 0 saturated heterocycles. The van der Waals surface area contributed by atoms with Crippen LogP contribution in [-0.4, -0.2) is 4.98 Å². The van der Waals surface area contributed by atoms with Gasteiger partial charge in [-0.25, -0.2) is 0 Å². The number of halogens is 1. The molecule has 0 bridgehead atoms. The summed E-state index contributed by atoms with van der Waals surface area (Å²) in [5.74, 6) is 1.69. The monoisotopic (exact) mass is 262 g/mol. The molecule has 15 heavy (non-hydrogen) atoms. The molecule has 3 rings (SSSR count). The van der Waals surface area contributed by atoms with Crippen molar-refractivity contribution in [1.29, 1.82) is 0 Å². The number of para-hydroxylation sites is 1. The van der Waals surface area contributed by atoms with Gasteiger partial charge >= 0.3 is 0 Å². The van der Waals surface area contributed by atoms with E-state index >= 15 is 0 Å². The van der Waals surface area contributed by atoms with Crippen LogP contribution >= 0.6 is 15.9 Å². The SMILES string of the molecule is Cc1[nH]c2c(Br)cccc2c1C[C]1CC1. The van der Waals surface area contributed by atoms with Gasteiger partial charge in [0.25, 0.3) is 0 Å². The van der Waals surface area contributed by atoms with Crippen LogP contribution in [0.5, 0.6) is 0 Å². The van der Waals surface area contributed by atoms with E-state index in [9.17, 15) is 0 Å². The first-order valence-electron chi connectivity index (χ1n) is 5.35. The maximum atomic E-state index is 3.59. The standard InChI is InChI=1S/C13H13BrN/c1-8-11(7-9-5-6-9)10-3-2-4-12(14)13(10)15-8/h2-4,15H,5-7H2,1H3. The van der Waals surface area contributed by atoms with Gasteiger partial charge in [0.15, 0.2) is 0 Å². The predicted octanol–water partition coefficient (Wildman–Crippen LogP) is 4.15. The zero-order chi connectivity index (χ0) is 10.4. The van der Waals surface area contributed by atoms with Gasteiger partial charge in [-0.1, -0.05) is 12.1 Å². The molecule has 77 valence electrons. The number of aryl methyl sites for hydroxylation is 1. The quantitative estimate of drug-likeness (QED) is 0.837. The van der Waals surface area contributed by atoms with Gasteiger partial charge in [0.1, 0.15) is 0 Å². The van der Waals surface area contributed by atoms with Crippen LogP contribution < -0.4 is 0 Å². The second-order valence-corrected chi connectivity index (χ2v) is 5.17. The number of aromatic nitrogens is 1. The summed E-state index contributed by atoms with van der Waals surface area (Å²) in [7, 11) is 0. The van der Waals surface area contributed by atoms with Crippen molar-refractivity contribution in [3.8, 4) is 0 Å². The van der Waals surface area contributed by atoms with E-state index in [-0.39, 0.29) is 0 Å². The third kappa shape index (κ3) is 1.61. The number of H-pyrrole nitrogens is 1. The van der Waals surface area contributed by atoms with Crippen molar-refractivity contribution in [2.24, 2.45) is 0 Å². The maximum Gasteiger partial charge on any atom is 0.0603 e. The molecular formula is C13H13BrN. The molecule has 0 unspecified atom stereocenters. The predicted molar refractivity (Wildman–Crippen MR) is 66.9 cm³/mol. The van der Waals surface area contributed by atoms with Crippen LogP contribution in [0.1, 0.15) is 24.1 Å². The van der Waals surface area contributed by atoms with Gasteiger partial charge in [-0.05, 0) is 59.7 Å². The summed E-state index contributed by atoms with van der Waals surface area (Å²) in [5, 5.41) is 1.38. The average Bonchev–Trinajstić information content (AvgIpc) is 2.96. The number of aromatic amines is 1. The fourth-order valence-electron chi connectivity index (χ4n) is 2.11. The molecule has 1 fully saturated rings. The van der Waals surface area contributed by atoms with Gasteiger partial charge in [0.05, 0.1) is 5.52 Å². The topological polar surface area (TPSA) is 15.8 Å². The van der Waals surface area contributed by atoms with E-state index < -0.39 is 0 Å². The molecule has 1 aliphatic rings. The van der Waals surface area contributed by atoms with Crippen LogP contribution in [0.25, 0.3) is 10.9 Å². The lowest BCUT2D eigenvalue weighted by molar-refractivity contribution is 1.09. The van der Waals surface area contributed by atoms with E-state index in [4.69, 9.17) is 0 Å². The lowest BCUT2D eigenvalue weighted by Gasteiger charge is -1.98. The summed E-state index contributed by atoms with van der Waals surface area (Å²) in [6.45, 7) is 2.17. The lowest BCUT2D eigenvalue weighted by Crippen LogP contribution is -1.86. The molecule has 1 aromatic carbocycles. The Morgan fingerprint density at radius 2 is 2.13 bits per heavy atom. The molecule has 1 nitrogen and oxygen atoms in total.